The van der Waals surface area contributed by atoms with Crippen molar-refractivity contribution in [3.05, 3.63) is 28.1 Å². The molecule has 138 valence electrons. The van der Waals surface area contributed by atoms with Crippen molar-refractivity contribution >= 4 is 37.5 Å². The molecular formula is C15H21BrN4O4S. The molecule has 0 radical (unpaired) electrons. The SMILES string of the molecule is Cc1oncc1C(=O)CC(=O)c1nc(Br)n(COCCS(C)(C)C)n1. The largest absolute Gasteiger partial charge is 0.361 e. The van der Waals surface area contributed by atoms with Crippen molar-refractivity contribution in [2.75, 3.05) is 31.1 Å². The smallest absolute Gasteiger partial charge is 0.218 e. The lowest BCUT2D eigenvalue weighted by atomic mass is 10.1. The van der Waals surface area contributed by atoms with Crippen LogP contribution in [0.4, 0.5) is 0 Å². The quantitative estimate of drug-likeness (QED) is 0.340. The molecule has 0 amide bonds. The Morgan fingerprint density at radius 2 is 2.04 bits per heavy atom. The van der Waals surface area contributed by atoms with Gasteiger partial charge in [-0.15, -0.1) is 5.10 Å². The van der Waals surface area contributed by atoms with Crippen LogP contribution in [0.1, 0.15) is 33.2 Å². The molecule has 0 bridgehead atoms. The molecule has 0 aliphatic heterocycles. The summed E-state index contributed by atoms with van der Waals surface area (Å²) in [5.74, 6) is 0.494. The normalized spacial score (nSPS) is 12.4. The van der Waals surface area contributed by atoms with Gasteiger partial charge in [-0.1, -0.05) is 5.16 Å². The summed E-state index contributed by atoms with van der Waals surface area (Å²) in [6, 6.07) is 0. The Balaban J connectivity index is 1.93. The van der Waals surface area contributed by atoms with Gasteiger partial charge in [-0.3, -0.25) is 9.59 Å². The first-order valence-corrected chi connectivity index (χ1v) is 11.3. The number of carbonyl (C=O) groups is 2. The van der Waals surface area contributed by atoms with E-state index in [4.69, 9.17) is 9.26 Å². The molecule has 8 nitrogen and oxygen atoms in total. The highest BCUT2D eigenvalue weighted by molar-refractivity contribution is 9.10. The summed E-state index contributed by atoms with van der Waals surface area (Å²) in [4.78, 5) is 28.4. The van der Waals surface area contributed by atoms with Crippen LogP contribution in [0.3, 0.4) is 0 Å². The van der Waals surface area contributed by atoms with Crippen molar-refractivity contribution in [3.63, 3.8) is 0 Å². The summed E-state index contributed by atoms with van der Waals surface area (Å²) >= 11 is 3.25. The molecular weight excluding hydrogens is 412 g/mol. The third kappa shape index (κ3) is 5.75. The first kappa shape index (κ1) is 19.8. The lowest BCUT2D eigenvalue weighted by molar-refractivity contribution is 0.0781. The van der Waals surface area contributed by atoms with Gasteiger partial charge in [0.05, 0.1) is 24.8 Å². The van der Waals surface area contributed by atoms with E-state index in [-0.39, 0.29) is 24.8 Å². The molecule has 0 fully saturated rings. The second-order valence-corrected chi connectivity index (χ2v) is 11.7. The number of Topliss-reactive ketones (excluding diaryl/α,β-unsaturated/α-hetero) is 2. The zero-order valence-corrected chi connectivity index (χ0v) is 17.0. The van der Waals surface area contributed by atoms with E-state index >= 15 is 0 Å². The number of ketones is 2. The Morgan fingerprint density at radius 1 is 1.32 bits per heavy atom. The topological polar surface area (TPSA) is 100 Å². The lowest BCUT2D eigenvalue weighted by Gasteiger charge is -2.24. The standard InChI is InChI=1S/C15H21BrN4O4S/c1-10-11(8-17-24-10)12(21)7-13(22)14-18-15(16)20(19-14)9-23-5-6-25(2,3)4/h8H,5-7,9H2,1-4H3. The fourth-order valence-electron chi connectivity index (χ4n) is 1.87. The molecule has 2 rings (SSSR count). The van der Waals surface area contributed by atoms with E-state index in [2.05, 4.69) is 49.9 Å². The Hall–Kier alpha value is -1.52. The molecule has 0 atom stereocenters. The van der Waals surface area contributed by atoms with Gasteiger partial charge in [0.25, 0.3) is 0 Å². The monoisotopic (exact) mass is 432 g/mol. The van der Waals surface area contributed by atoms with Gasteiger partial charge in [0.2, 0.25) is 11.6 Å². The third-order valence-electron chi connectivity index (χ3n) is 3.30. The van der Waals surface area contributed by atoms with Gasteiger partial charge in [-0.2, -0.15) is 4.98 Å². The first-order valence-electron chi connectivity index (χ1n) is 7.49. The number of rotatable bonds is 9. The van der Waals surface area contributed by atoms with E-state index in [9.17, 15) is 9.59 Å². The summed E-state index contributed by atoms with van der Waals surface area (Å²) in [5.41, 5.74) is 0.292. The van der Waals surface area contributed by atoms with Crippen LogP contribution in [0, 0.1) is 6.92 Å². The minimum atomic E-state index is -0.622. The molecule has 0 aromatic carbocycles. The molecule has 0 aliphatic carbocycles. The molecule has 0 unspecified atom stereocenters. The number of aromatic nitrogens is 4. The average Bonchev–Trinajstić information content (AvgIpc) is 3.09. The van der Waals surface area contributed by atoms with Gasteiger partial charge in [-0.05, 0) is 41.6 Å². The van der Waals surface area contributed by atoms with Crippen molar-refractivity contribution in [3.8, 4) is 0 Å². The van der Waals surface area contributed by atoms with Gasteiger partial charge in [0, 0.05) is 5.75 Å². The Kier molecular flexibility index (Phi) is 6.53. The van der Waals surface area contributed by atoms with Gasteiger partial charge < -0.3 is 9.26 Å². The number of ether oxygens (including phenoxy) is 1. The van der Waals surface area contributed by atoms with E-state index in [0.29, 0.717) is 22.7 Å². The molecule has 2 aromatic rings. The van der Waals surface area contributed by atoms with Crippen LogP contribution in [0.15, 0.2) is 15.5 Å². The summed E-state index contributed by atoms with van der Waals surface area (Å²) in [6.07, 6.45) is 7.61. The number of carbonyl (C=O) groups excluding carboxylic acids is 2. The summed E-state index contributed by atoms with van der Waals surface area (Å²) in [7, 11) is -0.622. The van der Waals surface area contributed by atoms with Crippen LogP contribution < -0.4 is 0 Å². The Labute approximate surface area is 155 Å². The fraction of sp³-hybridized carbons (Fsp3) is 0.533. The number of hydrogen-bond donors (Lipinski definition) is 0. The van der Waals surface area contributed by atoms with E-state index in [1.165, 1.54) is 10.9 Å². The van der Waals surface area contributed by atoms with Crippen molar-refractivity contribution in [2.45, 2.75) is 20.1 Å². The molecule has 0 saturated carbocycles. The van der Waals surface area contributed by atoms with E-state index in [0.717, 1.165) is 5.75 Å². The van der Waals surface area contributed by atoms with Crippen LogP contribution >= 0.6 is 26.0 Å². The van der Waals surface area contributed by atoms with Crippen molar-refractivity contribution < 1.29 is 18.8 Å². The highest BCUT2D eigenvalue weighted by atomic mass is 79.9. The molecule has 25 heavy (non-hydrogen) atoms. The molecule has 0 aliphatic rings. The number of aryl methyl sites for hydroxylation is 1. The zero-order chi connectivity index (χ0) is 18.6. The molecule has 2 aromatic heterocycles. The third-order valence-corrected chi connectivity index (χ3v) is 5.28. The van der Waals surface area contributed by atoms with E-state index in [1.807, 2.05) is 0 Å². The van der Waals surface area contributed by atoms with Crippen LogP contribution in [-0.4, -0.2) is 62.6 Å². The minimum absolute atomic E-state index is 0.0284. The molecule has 0 saturated heterocycles. The minimum Gasteiger partial charge on any atom is -0.361 e. The summed E-state index contributed by atoms with van der Waals surface area (Å²) in [6.45, 7) is 2.42. The molecule has 2 heterocycles. The highest BCUT2D eigenvalue weighted by Crippen LogP contribution is 2.33. The van der Waals surface area contributed by atoms with E-state index < -0.39 is 15.8 Å². The predicted molar refractivity (Wildman–Crippen MR) is 98.4 cm³/mol. The maximum Gasteiger partial charge on any atom is 0.218 e. The Bertz CT molecular complexity index is 766. The predicted octanol–water partition coefficient (Wildman–Crippen LogP) is 2.46. The maximum atomic E-state index is 12.2. The van der Waals surface area contributed by atoms with Crippen molar-refractivity contribution in [2.24, 2.45) is 0 Å². The molecule has 0 N–H and O–H groups in total. The Morgan fingerprint density at radius 3 is 2.64 bits per heavy atom. The van der Waals surface area contributed by atoms with Crippen LogP contribution in [0.2, 0.25) is 0 Å². The number of hydrogen-bond acceptors (Lipinski definition) is 7. The van der Waals surface area contributed by atoms with Gasteiger partial charge >= 0.3 is 0 Å². The average molecular weight is 433 g/mol. The summed E-state index contributed by atoms with van der Waals surface area (Å²) < 4.78 is 12.2. The van der Waals surface area contributed by atoms with Gasteiger partial charge in [-0.25, -0.2) is 14.7 Å². The van der Waals surface area contributed by atoms with Gasteiger partial charge in [0.15, 0.2) is 10.5 Å². The highest BCUT2D eigenvalue weighted by Gasteiger charge is 2.21. The molecule has 10 heteroatoms. The van der Waals surface area contributed by atoms with Crippen LogP contribution in [0.5, 0.6) is 0 Å². The van der Waals surface area contributed by atoms with E-state index in [1.54, 1.807) is 6.92 Å². The number of halogens is 1. The number of nitrogens with zero attached hydrogens (tertiary/aromatic N) is 4. The van der Waals surface area contributed by atoms with Crippen molar-refractivity contribution in [1.82, 2.24) is 19.9 Å². The second kappa shape index (κ2) is 8.24. The fourth-order valence-corrected chi connectivity index (χ4v) is 2.84. The summed E-state index contributed by atoms with van der Waals surface area (Å²) in [5, 5.41) is 7.64. The lowest BCUT2D eigenvalue weighted by Crippen LogP contribution is -2.13. The second-order valence-electron chi connectivity index (χ2n) is 6.36. The first-order chi connectivity index (χ1) is 11.7. The zero-order valence-electron chi connectivity index (χ0n) is 14.6. The maximum absolute atomic E-state index is 12.2. The molecule has 0 spiro atoms. The van der Waals surface area contributed by atoms with Crippen LogP contribution in [0.25, 0.3) is 0 Å². The van der Waals surface area contributed by atoms with Gasteiger partial charge in [0.1, 0.15) is 12.5 Å². The van der Waals surface area contributed by atoms with Crippen molar-refractivity contribution in [1.29, 1.82) is 0 Å². The van der Waals surface area contributed by atoms with Crippen LogP contribution in [-0.2, 0) is 11.5 Å².